The summed E-state index contributed by atoms with van der Waals surface area (Å²) in [5.41, 5.74) is 0.160. The molecule has 1 heterocycles. The highest BCUT2D eigenvalue weighted by Crippen LogP contribution is 2.29. The van der Waals surface area contributed by atoms with Crippen molar-refractivity contribution in [2.45, 2.75) is 11.8 Å². The van der Waals surface area contributed by atoms with Crippen LogP contribution in [0.2, 0.25) is 20.2 Å². The van der Waals surface area contributed by atoms with Gasteiger partial charge >= 0.3 is 0 Å². The summed E-state index contributed by atoms with van der Waals surface area (Å²) in [6.45, 7) is 1.59. The van der Waals surface area contributed by atoms with E-state index in [2.05, 4.69) is 4.98 Å². The van der Waals surface area contributed by atoms with Gasteiger partial charge in [-0.1, -0.05) is 46.4 Å². The van der Waals surface area contributed by atoms with E-state index in [0.29, 0.717) is 21.6 Å². The lowest BCUT2D eigenvalue weighted by Gasteiger charge is -2.10. The molecule has 3 rings (SSSR count). The van der Waals surface area contributed by atoms with E-state index >= 15 is 0 Å². The summed E-state index contributed by atoms with van der Waals surface area (Å²) in [5.74, 6) is -0.461. The fraction of sp³-hybridized carbons (Fsp3) is 0.111. The Morgan fingerprint density at radius 2 is 1.70 bits per heavy atom. The van der Waals surface area contributed by atoms with Gasteiger partial charge in [-0.25, -0.2) is 18.1 Å². The van der Waals surface area contributed by atoms with E-state index in [9.17, 15) is 13.2 Å². The fourth-order valence-corrected chi connectivity index (χ4v) is 4.99. The van der Waals surface area contributed by atoms with E-state index in [4.69, 9.17) is 51.1 Å². The molecular weight excluding hydrogens is 496 g/mol. The van der Waals surface area contributed by atoms with Crippen LogP contribution in [0.4, 0.5) is 0 Å². The van der Waals surface area contributed by atoms with Crippen LogP contribution in [0.25, 0.3) is 5.69 Å². The van der Waals surface area contributed by atoms with Crippen LogP contribution in [0.5, 0.6) is 5.75 Å². The number of methoxy groups -OCH3 is 1. The summed E-state index contributed by atoms with van der Waals surface area (Å²) < 4.78 is 33.7. The molecule has 3 aromatic rings. The Hall–Kier alpha value is -1.97. The Bertz CT molecular complexity index is 1240. The first-order chi connectivity index (χ1) is 14.0. The second-order valence-electron chi connectivity index (χ2n) is 5.99. The van der Waals surface area contributed by atoms with Gasteiger partial charge in [-0.15, -0.1) is 0 Å². The van der Waals surface area contributed by atoms with Crippen molar-refractivity contribution in [3.05, 3.63) is 68.1 Å². The molecule has 158 valence electrons. The maximum absolute atomic E-state index is 12.7. The summed E-state index contributed by atoms with van der Waals surface area (Å²) in [4.78, 5) is 16.4. The quantitative estimate of drug-likeness (QED) is 0.528. The molecule has 12 heteroatoms. The Morgan fingerprint density at radius 1 is 1.07 bits per heavy atom. The first-order valence-electron chi connectivity index (χ1n) is 8.15. The van der Waals surface area contributed by atoms with E-state index in [-0.39, 0.29) is 26.5 Å². The molecule has 0 aliphatic carbocycles. The monoisotopic (exact) mass is 507 g/mol. The lowest BCUT2D eigenvalue weighted by Crippen LogP contribution is -2.31. The van der Waals surface area contributed by atoms with Crippen LogP contribution >= 0.6 is 46.4 Å². The van der Waals surface area contributed by atoms with Crippen LogP contribution < -0.4 is 9.46 Å². The van der Waals surface area contributed by atoms with Gasteiger partial charge < -0.3 is 4.74 Å². The normalized spacial score (nSPS) is 11.4. The third kappa shape index (κ3) is 4.53. The van der Waals surface area contributed by atoms with Crippen LogP contribution in [0.3, 0.4) is 0 Å². The van der Waals surface area contributed by atoms with E-state index in [0.717, 1.165) is 0 Å². The Morgan fingerprint density at radius 3 is 2.30 bits per heavy atom. The maximum atomic E-state index is 12.7. The number of aryl methyl sites for hydroxylation is 1. The van der Waals surface area contributed by atoms with E-state index in [1.807, 2.05) is 4.72 Å². The molecule has 0 bridgehead atoms. The lowest BCUT2D eigenvalue weighted by atomic mass is 10.3. The molecule has 0 radical (unpaired) electrons. The number of nitrogens with one attached hydrogen (secondary N) is 1. The van der Waals surface area contributed by atoms with Gasteiger partial charge in [0.05, 0.1) is 17.8 Å². The Kier molecular flexibility index (Phi) is 6.54. The largest absolute Gasteiger partial charge is 0.497 e. The van der Waals surface area contributed by atoms with Gasteiger partial charge in [0, 0.05) is 16.1 Å². The van der Waals surface area contributed by atoms with Gasteiger partial charge in [0.15, 0.2) is 5.69 Å². The molecule has 30 heavy (non-hydrogen) atoms. The zero-order valence-electron chi connectivity index (χ0n) is 15.4. The zero-order valence-corrected chi connectivity index (χ0v) is 19.3. The zero-order chi connectivity index (χ0) is 22.2. The molecule has 0 aliphatic heterocycles. The highest BCUT2D eigenvalue weighted by molar-refractivity contribution is 7.90. The first-order valence-corrected chi connectivity index (χ1v) is 11.1. The van der Waals surface area contributed by atoms with Crippen molar-refractivity contribution >= 4 is 62.3 Å². The number of imidazole rings is 1. The standard InChI is InChI=1S/C18H13Cl4N3O4S/c1-9-23-16(17(22)25(9)12-6-10(19)5-11(20)7-12)18(26)24-30(27,28)15-8-13(29-2)3-4-14(15)21/h3-8H,1-2H3,(H,24,26). The van der Waals surface area contributed by atoms with Crippen LogP contribution in [0, 0.1) is 6.92 Å². The Labute approximate surface area is 192 Å². The molecule has 0 saturated heterocycles. The van der Waals surface area contributed by atoms with Crippen molar-refractivity contribution in [3.8, 4) is 11.4 Å². The van der Waals surface area contributed by atoms with Gasteiger partial charge in [-0.05, 0) is 37.3 Å². The minimum Gasteiger partial charge on any atom is -0.497 e. The van der Waals surface area contributed by atoms with Crippen molar-refractivity contribution < 1.29 is 17.9 Å². The van der Waals surface area contributed by atoms with E-state index < -0.39 is 15.9 Å². The number of hydrogen-bond donors (Lipinski definition) is 1. The molecule has 0 spiro atoms. The van der Waals surface area contributed by atoms with Crippen LogP contribution in [-0.4, -0.2) is 31.0 Å². The molecule has 7 nitrogen and oxygen atoms in total. The molecule has 0 aliphatic rings. The predicted molar refractivity (Wildman–Crippen MR) is 116 cm³/mol. The molecule has 1 amide bonds. The topological polar surface area (TPSA) is 90.3 Å². The SMILES string of the molecule is COc1ccc(Cl)c(S(=O)(=O)NC(=O)c2nc(C)n(-c3cc(Cl)cc(Cl)c3)c2Cl)c1. The van der Waals surface area contributed by atoms with Gasteiger partial charge in [-0.3, -0.25) is 9.36 Å². The average Bonchev–Trinajstić information content (AvgIpc) is 2.95. The van der Waals surface area contributed by atoms with Gasteiger partial charge in [-0.2, -0.15) is 0 Å². The summed E-state index contributed by atoms with van der Waals surface area (Å²) in [6, 6.07) is 8.70. The van der Waals surface area contributed by atoms with Gasteiger partial charge in [0.25, 0.3) is 15.9 Å². The highest BCUT2D eigenvalue weighted by atomic mass is 35.5. The number of carbonyl (C=O) groups is 1. The van der Waals surface area contributed by atoms with Crippen molar-refractivity contribution in [2.75, 3.05) is 7.11 Å². The van der Waals surface area contributed by atoms with Crippen LogP contribution in [0.1, 0.15) is 16.3 Å². The maximum Gasteiger partial charge on any atom is 0.286 e. The number of carbonyl (C=O) groups excluding carboxylic acids is 1. The van der Waals surface area contributed by atoms with E-state index in [1.165, 1.54) is 35.9 Å². The number of hydrogen-bond acceptors (Lipinski definition) is 5. The van der Waals surface area contributed by atoms with E-state index in [1.54, 1.807) is 19.1 Å². The molecule has 1 N–H and O–H groups in total. The van der Waals surface area contributed by atoms with Crippen LogP contribution in [0.15, 0.2) is 41.3 Å². The van der Waals surface area contributed by atoms with Crippen LogP contribution in [-0.2, 0) is 10.0 Å². The number of aromatic nitrogens is 2. The number of ether oxygens (including phenoxy) is 1. The number of nitrogens with zero attached hydrogens (tertiary/aromatic N) is 2. The third-order valence-corrected chi connectivity index (χ3v) is 6.56. The molecule has 0 unspecified atom stereocenters. The first kappa shape index (κ1) is 22.7. The molecule has 1 aromatic heterocycles. The second-order valence-corrected chi connectivity index (χ2v) is 9.28. The minimum atomic E-state index is -4.33. The number of rotatable bonds is 5. The lowest BCUT2D eigenvalue weighted by molar-refractivity contribution is 0.0977. The second kappa shape index (κ2) is 8.64. The fourth-order valence-electron chi connectivity index (χ4n) is 2.66. The average molecular weight is 509 g/mol. The molecular formula is C18H13Cl4N3O4S. The molecule has 2 aromatic carbocycles. The highest BCUT2D eigenvalue weighted by Gasteiger charge is 2.27. The molecule has 0 saturated carbocycles. The van der Waals surface area contributed by atoms with Gasteiger partial charge in [0.1, 0.15) is 21.6 Å². The molecule has 0 fully saturated rings. The smallest absolute Gasteiger partial charge is 0.286 e. The summed E-state index contributed by atoms with van der Waals surface area (Å²) in [5, 5.41) is 0.499. The number of halogens is 4. The minimum absolute atomic E-state index is 0.0857. The predicted octanol–water partition coefficient (Wildman–Crippen LogP) is 4.92. The van der Waals surface area contributed by atoms with Crippen molar-refractivity contribution in [1.29, 1.82) is 0 Å². The number of sulfonamides is 1. The summed E-state index contributed by atoms with van der Waals surface area (Å²) in [6.07, 6.45) is 0. The number of amides is 1. The van der Waals surface area contributed by atoms with Crippen molar-refractivity contribution in [2.24, 2.45) is 0 Å². The number of benzene rings is 2. The molecule has 0 atom stereocenters. The summed E-state index contributed by atoms with van der Waals surface area (Å²) >= 11 is 24.4. The van der Waals surface area contributed by atoms with Crippen molar-refractivity contribution in [1.82, 2.24) is 14.3 Å². The van der Waals surface area contributed by atoms with Crippen molar-refractivity contribution in [3.63, 3.8) is 0 Å². The van der Waals surface area contributed by atoms with Gasteiger partial charge in [0.2, 0.25) is 0 Å². The summed E-state index contributed by atoms with van der Waals surface area (Å²) in [7, 11) is -2.96. The Balaban J connectivity index is 1.99. The third-order valence-electron chi connectivity index (χ3n) is 3.96.